The molecule has 0 aliphatic rings. The third-order valence-electron chi connectivity index (χ3n) is 3.67. The number of hydrazone groups is 1. The number of nitrogens with zero attached hydrogens (tertiary/aromatic N) is 1. The number of hydrogen-bond acceptors (Lipinski definition) is 3. The third-order valence-corrected chi connectivity index (χ3v) is 3.90. The predicted octanol–water partition coefficient (Wildman–Crippen LogP) is 4.36. The number of halogens is 1. The zero-order valence-corrected chi connectivity index (χ0v) is 15.0. The molecule has 3 aromatic carbocycles. The maximum Gasteiger partial charge on any atom is 0.271 e. The molecule has 3 aromatic rings. The van der Waals surface area contributed by atoms with Crippen LogP contribution in [0.15, 0.2) is 84.0 Å². The van der Waals surface area contributed by atoms with E-state index in [1.54, 1.807) is 66.7 Å². The van der Waals surface area contributed by atoms with E-state index < -0.39 is 0 Å². The first kappa shape index (κ1) is 18.4. The number of anilines is 1. The Morgan fingerprint density at radius 3 is 2.22 bits per heavy atom. The summed E-state index contributed by atoms with van der Waals surface area (Å²) < 4.78 is 0. The van der Waals surface area contributed by atoms with Crippen LogP contribution in [0.25, 0.3) is 0 Å². The van der Waals surface area contributed by atoms with Crippen LogP contribution in [-0.2, 0) is 0 Å². The van der Waals surface area contributed by atoms with Gasteiger partial charge in [0.2, 0.25) is 0 Å². The Labute approximate surface area is 161 Å². The number of carbonyl (C=O) groups is 2. The minimum absolute atomic E-state index is 0.209. The average Bonchev–Trinajstić information content (AvgIpc) is 2.69. The summed E-state index contributed by atoms with van der Waals surface area (Å²) in [7, 11) is 0. The van der Waals surface area contributed by atoms with Crippen molar-refractivity contribution >= 4 is 35.3 Å². The maximum absolute atomic E-state index is 12.1. The number of benzene rings is 3. The van der Waals surface area contributed by atoms with Crippen molar-refractivity contribution in [3.63, 3.8) is 0 Å². The highest BCUT2D eigenvalue weighted by atomic mass is 35.5. The van der Waals surface area contributed by atoms with Crippen molar-refractivity contribution in [2.24, 2.45) is 5.10 Å². The molecule has 0 fully saturated rings. The highest BCUT2D eigenvalue weighted by molar-refractivity contribution is 6.30. The second kappa shape index (κ2) is 8.78. The summed E-state index contributed by atoms with van der Waals surface area (Å²) in [6, 6.07) is 22.6. The van der Waals surface area contributed by atoms with Crippen molar-refractivity contribution < 1.29 is 9.59 Å². The van der Waals surface area contributed by atoms with Gasteiger partial charge in [-0.05, 0) is 54.1 Å². The smallest absolute Gasteiger partial charge is 0.271 e. The molecule has 0 atom stereocenters. The van der Waals surface area contributed by atoms with E-state index in [1.165, 1.54) is 6.21 Å². The molecule has 0 aromatic heterocycles. The van der Waals surface area contributed by atoms with Gasteiger partial charge in [0.25, 0.3) is 11.8 Å². The summed E-state index contributed by atoms with van der Waals surface area (Å²) in [5, 5.41) is 7.29. The summed E-state index contributed by atoms with van der Waals surface area (Å²) in [5.74, 6) is -0.562. The van der Waals surface area contributed by atoms with Crippen LogP contribution in [0.5, 0.6) is 0 Å². The number of nitrogens with one attached hydrogen (secondary N) is 2. The lowest BCUT2D eigenvalue weighted by molar-refractivity contribution is 0.0954. The van der Waals surface area contributed by atoms with Gasteiger partial charge in [-0.2, -0.15) is 5.10 Å². The fourth-order valence-corrected chi connectivity index (χ4v) is 2.51. The Balaban J connectivity index is 1.58. The highest BCUT2D eigenvalue weighted by Gasteiger charge is 2.07. The summed E-state index contributed by atoms with van der Waals surface area (Å²) in [5.41, 5.74) is 4.82. The lowest BCUT2D eigenvalue weighted by Crippen LogP contribution is -2.17. The first-order chi connectivity index (χ1) is 13.1. The van der Waals surface area contributed by atoms with Gasteiger partial charge in [-0.3, -0.25) is 9.59 Å². The van der Waals surface area contributed by atoms with E-state index >= 15 is 0 Å². The number of amides is 2. The zero-order valence-electron chi connectivity index (χ0n) is 14.2. The van der Waals surface area contributed by atoms with E-state index in [4.69, 9.17) is 11.6 Å². The summed E-state index contributed by atoms with van der Waals surface area (Å²) >= 11 is 5.89. The maximum atomic E-state index is 12.1. The average molecular weight is 378 g/mol. The molecule has 0 unspecified atom stereocenters. The quantitative estimate of drug-likeness (QED) is 0.512. The molecule has 6 heteroatoms. The number of rotatable bonds is 5. The van der Waals surface area contributed by atoms with Gasteiger partial charge in [0.05, 0.1) is 6.21 Å². The van der Waals surface area contributed by atoms with Crippen molar-refractivity contribution in [2.45, 2.75) is 0 Å². The van der Waals surface area contributed by atoms with Gasteiger partial charge < -0.3 is 5.32 Å². The fourth-order valence-electron chi connectivity index (χ4n) is 2.31. The van der Waals surface area contributed by atoms with Crippen LogP contribution in [0.2, 0.25) is 5.02 Å². The van der Waals surface area contributed by atoms with Gasteiger partial charge >= 0.3 is 0 Å². The third kappa shape index (κ3) is 5.26. The molecule has 2 amide bonds. The monoisotopic (exact) mass is 377 g/mol. The van der Waals surface area contributed by atoms with Crippen LogP contribution < -0.4 is 10.7 Å². The Morgan fingerprint density at radius 2 is 1.52 bits per heavy atom. The first-order valence-corrected chi connectivity index (χ1v) is 8.55. The van der Waals surface area contributed by atoms with Crippen molar-refractivity contribution in [2.75, 3.05) is 5.32 Å². The molecular formula is C21H16ClN3O2. The van der Waals surface area contributed by atoms with E-state index in [0.29, 0.717) is 21.8 Å². The van der Waals surface area contributed by atoms with Crippen molar-refractivity contribution in [3.8, 4) is 0 Å². The molecule has 2 N–H and O–H groups in total. The van der Waals surface area contributed by atoms with E-state index in [9.17, 15) is 9.59 Å². The first-order valence-electron chi connectivity index (χ1n) is 8.17. The van der Waals surface area contributed by atoms with Crippen molar-refractivity contribution in [1.82, 2.24) is 5.43 Å². The topological polar surface area (TPSA) is 70.6 Å². The SMILES string of the molecule is O=C(NN=Cc1cccc(Cl)c1)c1ccc(NC(=O)c2ccccc2)cc1. The Hall–Kier alpha value is -3.44. The minimum Gasteiger partial charge on any atom is -0.322 e. The van der Waals surface area contributed by atoms with Gasteiger partial charge in [0.15, 0.2) is 0 Å². The lowest BCUT2D eigenvalue weighted by Gasteiger charge is -2.06. The number of hydrogen-bond donors (Lipinski definition) is 2. The predicted molar refractivity (Wildman–Crippen MR) is 107 cm³/mol. The Bertz CT molecular complexity index is 970. The lowest BCUT2D eigenvalue weighted by atomic mass is 10.1. The largest absolute Gasteiger partial charge is 0.322 e. The standard InChI is InChI=1S/C21H16ClN3O2/c22-18-8-4-5-15(13-18)14-23-25-21(27)17-9-11-19(12-10-17)24-20(26)16-6-2-1-3-7-16/h1-14H,(H,24,26)(H,25,27). The molecule has 0 aliphatic heterocycles. The molecule has 0 saturated carbocycles. The van der Waals surface area contributed by atoms with E-state index in [0.717, 1.165) is 5.56 Å². The van der Waals surface area contributed by atoms with E-state index in [-0.39, 0.29) is 11.8 Å². The van der Waals surface area contributed by atoms with Gasteiger partial charge in [0.1, 0.15) is 0 Å². The molecule has 3 rings (SSSR count). The van der Waals surface area contributed by atoms with Gasteiger partial charge in [-0.15, -0.1) is 0 Å². The summed E-state index contributed by atoms with van der Waals surface area (Å²) in [6.45, 7) is 0. The molecular weight excluding hydrogens is 362 g/mol. The molecule has 0 radical (unpaired) electrons. The minimum atomic E-state index is -0.353. The van der Waals surface area contributed by atoms with E-state index in [1.807, 2.05) is 12.1 Å². The van der Waals surface area contributed by atoms with Gasteiger partial charge in [0, 0.05) is 21.8 Å². The van der Waals surface area contributed by atoms with Crippen LogP contribution in [0, 0.1) is 0 Å². The fraction of sp³-hybridized carbons (Fsp3) is 0. The van der Waals surface area contributed by atoms with Crippen LogP contribution in [0.1, 0.15) is 26.3 Å². The van der Waals surface area contributed by atoms with Gasteiger partial charge in [-0.25, -0.2) is 5.43 Å². The normalized spacial score (nSPS) is 10.6. The highest BCUT2D eigenvalue weighted by Crippen LogP contribution is 2.12. The number of carbonyl (C=O) groups excluding carboxylic acids is 2. The van der Waals surface area contributed by atoms with E-state index in [2.05, 4.69) is 15.8 Å². The Morgan fingerprint density at radius 1 is 0.815 bits per heavy atom. The zero-order chi connectivity index (χ0) is 19.1. The molecule has 0 spiro atoms. The molecule has 134 valence electrons. The van der Waals surface area contributed by atoms with Crippen molar-refractivity contribution in [3.05, 3.63) is 101 Å². The van der Waals surface area contributed by atoms with Crippen LogP contribution in [-0.4, -0.2) is 18.0 Å². The molecule has 27 heavy (non-hydrogen) atoms. The molecule has 5 nitrogen and oxygen atoms in total. The Kier molecular flexibility index (Phi) is 5.97. The van der Waals surface area contributed by atoms with Crippen molar-refractivity contribution in [1.29, 1.82) is 0 Å². The summed E-state index contributed by atoms with van der Waals surface area (Å²) in [6.07, 6.45) is 1.51. The van der Waals surface area contributed by atoms with Crippen LogP contribution >= 0.6 is 11.6 Å². The van der Waals surface area contributed by atoms with Crippen LogP contribution in [0.4, 0.5) is 5.69 Å². The summed E-state index contributed by atoms with van der Waals surface area (Å²) in [4.78, 5) is 24.2. The molecule has 0 heterocycles. The molecule has 0 aliphatic carbocycles. The van der Waals surface area contributed by atoms with Gasteiger partial charge in [-0.1, -0.05) is 41.9 Å². The van der Waals surface area contributed by atoms with Crippen LogP contribution in [0.3, 0.4) is 0 Å². The second-order valence-corrected chi connectivity index (χ2v) is 6.09. The molecule has 0 saturated heterocycles. The molecule has 0 bridgehead atoms. The second-order valence-electron chi connectivity index (χ2n) is 5.65.